The van der Waals surface area contributed by atoms with Crippen molar-refractivity contribution >= 4 is 28.8 Å². The number of methoxy groups -OCH3 is 1. The number of fused-ring (bicyclic) bond motifs is 2. The average molecular weight is 512 g/mol. The lowest BCUT2D eigenvalue weighted by Crippen LogP contribution is -2.43. The van der Waals surface area contributed by atoms with Gasteiger partial charge in [0.25, 0.3) is 0 Å². The van der Waals surface area contributed by atoms with Crippen LogP contribution in [0, 0.1) is 5.41 Å². The van der Waals surface area contributed by atoms with Gasteiger partial charge in [-0.3, -0.25) is 9.59 Å². The van der Waals surface area contributed by atoms with Crippen LogP contribution >= 0.6 is 0 Å². The van der Waals surface area contributed by atoms with Gasteiger partial charge in [0.15, 0.2) is 5.41 Å². The van der Waals surface area contributed by atoms with Crippen LogP contribution in [0.5, 0.6) is 0 Å². The monoisotopic (exact) mass is 511 g/mol. The highest BCUT2D eigenvalue weighted by Crippen LogP contribution is 2.43. The first-order valence-corrected chi connectivity index (χ1v) is 12.7. The maximum absolute atomic E-state index is 13.2. The van der Waals surface area contributed by atoms with Gasteiger partial charge < -0.3 is 18.8 Å². The predicted molar refractivity (Wildman–Crippen MR) is 143 cm³/mol. The minimum Gasteiger partial charge on any atom is -0.465 e. The first-order valence-electron chi connectivity index (χ1n) is 12.7. The first kappa shape index (κ1) is 25.3. The summed E-state index contributed by atoms with van der Waals surface area (Å²) in [4.78, 5) is 39.0. The third kappa shape index (κ3) is 4.14. The second-order valence-corrected chi connectivity index (χ2v) is 9.30. The maximum atomic E-state index is 13.2. The van der Waals surface area contributed by atoms with Crippen LogP contribution < -0.4 is 0 Å². The molecule has 5 rings (SSSR count). The van der Waals surface area contributed by atoms with E-state index in [4.69, 9.17) is 14.2 Å². The van der Waals surface area contributed by atoms with E-state index in [-0.39, 0.29) is 26.1 Å². The Labute approximate surface area is 220 Å². The number of benzene rings is 3. The summed E-state index contributed by atoms with van der Waals surface area (Å²) in [5, 5.41) is 0.770. The average Bonchev–Trinajstić information content (AvgIpc) is 3.52. The number of hydrogen-bond donors (Lipinski definition) is 0. The number of rotatable bonds is 7. The van der Waals surface area contributed by atoms with Gasteiger partial charge in [-0.1, -0.05) is 48.5 Å². The van der Waals surface area contributed by atoms with E-state index in [0.29, 0.717) is 5.56 Å². The molecular formula is C31H29NO6. The predicted octanol–water partition coefficient (Wildman–Crippen LogP) is 5.30. The molecule has 38 heavy (non-hydrogen) atoms. The van der Waals surface area contributed by atoms with Crippen molar-refractivity contribution in [3.8, 4) is 16.8 Å². The van der Waals surface area contributed by atoms with Crippen LogP contribution in [0.25, 0.3) is 27.7 Å². The number of hydrogen-bond acceptors (Lipinski definition) is 6. The van der Waals surface area contributed by atoms with Crippen molar-refractivity contribution in [2.75, 3.05) is 20.3 Å². The van der Waals surface area contributed by atoms with E-state index >= 15 is 0 Å². The summed E-state index contributed by atoms with van der Waals surface area (Å²) in [6, 6.07) is 21.6. The number of para-hydroxylation sites is 1. The molecule has 3 aromatic carbocycles. The van der Waals surface area contributed by atoms with Crippen LogP contribution in [-0.2, 0) is 36.6 Å². The number of nitrogens with zero attached hydrogens (tertiary/aromatic N) is 1. The van der Waals surface area contributed by atoms with Gasteiger partial charge in [0.2, 0.25) is 0 Å². The fourth-order valence-electron chi connectivity index (χ4n) is 5.33. The van der Waals surface area contributed by atoms with Crippen molar-refractivity contribution in [1.82, 2.24) is 4.57 Å². The van der Waals surface area contributed by atoms with Crippen LogP contribution in [-0.4, -0.2) is 42.8 Å². The maximum Gasteiger partial charge on any atom is 0.340 e. The normalized spacial score (nSPS) is 13.7. The number of esters is 3. The Morgan fingerprint density at radius 2 is 1.45 bits per heavy atom. The second kappa shape index (κ2) is 10.2. The standard InChI is InChI=1S/C31H29NO6/c1-4-37-29(34)31(30(35)38-5-2)17-21-15-24(20-11-7-6-8-12-20)27(16-22(21)18-31)32-19-25(28(33)36-3)23-13-9-10-14-26(23)32/h6-16,19H,4-5,17-18H2,1-3H3. The van der Waals surface area contributed by atoms with Gasteiger partial charge in [-0.2, -0.15) is 0 Å². The molecule has 7 heteroatoms. The molecular weight excluding hydrogens is 482 g/mol. The largest absolute Gasteiger partial charge is 0.465 e. The summed E-state index contributed by atoms with van der Waals surface area (Å²) in [5.74, 6) is -1.57. The summed E-state index contributed by atoms with van der Waals surface area (Å²) in [5.41, 5.74) is 4.30. The number of ether oxygens (including phenoxy) is 3. The summed E-state index contributed by atoms with van der Waals surface area (Å²) in [6.07, 6.45) is 2.15. The summed E-state index contributed by atoms with van der Waals surface area (Å²) < 4.78 is 17.7. The van der Waals surface area contributed by atoms with E-state index in [1.54, 1.807) is 20.0 Å². The van der Waals surface area contributed by atoms with Gasteiger partial charge in [-0.25, -0.2) is 4.79 Å². The van der Waals surface area contributed by atoms with E-state index in [2.05, 4.69) is 0 Å². The lowest BCUT2D eigenvalue weighted by atomic mass is 9.84. The number of carbonyl (C=O) groups is 3. The Morgan fingerprint density at radius 3 is 2.08 bits per heavy atom. The molecule has 1 aromatic heterocycles. The van der Waals surface area contributed by atoms with Gasteiger partial charge >= 0.3 is 17.9 Å². The lowest BCUT2D eigenvalue weighted by Gasteiger charge is -2.23. The molecule has 0 saturated heterocycles. The van der Waals surface area contributed by atoms with Crippen LogP contribution in [0.2, 0.25) is 0 Å². The third-order valence-corrected chi connectivity index (χ3v) is 7.10. The second-order valence-electron chi connectivity index (χ2n) is 9.30. The lowest BCUT2D eigenvalue weighted by molar-refractivity contribution is -0.171. The van der Waals surface area contributed by atoms with Crippen LogP contribution in [0.1, 0.15) is 35.3 Å². The topological polar surface area (TPSA) is 83.8 Å². The summed E-state index contributed by atoms with van der Waals surface area (Å²) >= 11 is 0. The van der Waals surface area contributed by atoms with Gasteiger partial charge in [0, 0.05) is 17.1 Å². The third-order valence-electron chi connectivity index (χ3n) is 7.10. The number of carbonyl (C=O) groups excluding carboxylic acids is 3. The molecule has 0 saturated carbocycles. The molecule has 1 aliphatic rings. The van der Waals surface area contributed by atoms with Crippen molar-refractivity contribution in [3.63, 3.8) is 0 Å². The van der Waals surface area contributed by atoms with E-state index in [1.807, 2.05) is 71.3 Å². The van der Waals surface area contributed by atoms with Crippen molar-refractivity contribution in [2.45, 2.75) is 26.7 Å². The first-order chi connectivity index (χ1) is 18.4. The van der Waals surface area contributed by atoms with Crippen LogP contribution in [0.3, 0.4) is 0 Å². The van der Waals surface area contributed by atoms with Gasteiger partial charge in [0.1, 0.15) is 0 Å². The SMILES string of the molecule is CCOC(=O)C1(C(=O)OCC)Cc2cc(-c3ccccc3)c(-n3cc(C(=O)OC)c4ccccc43)cc2C1. The Bertz CT molecular complexity index is 1520. The van der Waals surface area contributed by atoms with E-state index in [1.165, 1.54) is 7.11 Å². The molecule has 0 N–H and O–H groups in total. The van der Waals surface area contributed by atoms with Crippen molar-refractivity contribution in [1.29, 1.82) is 0 Å². The Morgan fingerprint density at radius 1 is 0.842 bits per heavy atom. The quantitative estimate of drug-likeness (QED) is 0.190. The molecule has 4 aromatic rings. The van der Waals surface area contributed by atoms with Gasteiger partial charge in [-0.05, 0) is 61.6 Å². The zero-order chi connectivity index (χ0) is 26.9. The smallest absolute Gasteiger partial charge is 0.340 e. The molecule has 1 heterocycles. The van der Waals surface area contributed by atoms with Crippen LogP contribution in [0.15, 0.2) is 72.9 Å². The fourth-order valence-corrected chi connectivity index (χ4v) is 5.33. The molecule has 7 nitrogen and oxygen atoms in total. The highest BCUT2D eigenvalue weighted by atomic mass is 16.6. The molecule has 1 aliphatic carbocycles. The van der Waals surface area contributed by atoms with Gasteiger partial charge in [0.05, 0.1) is 37.1 Å². The molecule has 0 fully saturated rings. The molecule has 0 spiro atoms. The van der Waals surface area contributed by atoms with Crippen molar-refractivity contribution in [3.05, 3.63) is 89.6 Å². The Kier molecular flexibility index (Phi) is 6.76. The number of aromatic nitrogens is 1. The highest BCUT2D eigenvalue weighted by Gasteiger charge is 2.53. The summed E-state index contributed by atoms with van der Waals surface area (Å²) in [6.45, 7) is 3.78. The molecule has 194 valence electrons. The van der Waals surface area contributed by atoms with Crippen molar-refractivity contribution < 1.29 is 28.6 Å². The zero-order valence-electron chi connectivity index (χ0n) is 21.7. The minimum atomic E-state index is -1.43. The van der Waals surface area contributed by atoms with E-state index in [0.717, 1.165) is 38.8 Å². The highest BCUT2D eigenvalue weighted by molar-refractivity contribution is 6.05. The zero-order valence-corrected chi connectivity index (χ0v) is 21.7. The molecule has 0 bridgehead atoms. The molecule has 0 radical (unpaired) electrons. The van der Waals surface area contributed by atoms with E-state index < -0.39 is 23.3 Å². The van der Waals surface area contributed by atoms with Crippen LogP contribution in [0.4, 0.5) is 0 Å². The molecule has 0 atom stereocenters. The molecule has 0 unspecified atom stereocenters. The van der Waals surface area contributed by atoms with Gasteiger partial charge in [-0.15, -0.1) is 0 Å². The molecule has 0 aliphatic heterocycles. The Hall–Kier alpha value is -4.39. The van der Waals surface area contributed by atoms with E-state index in [9.17, 15) is 14.4 Å². The fraction of sp³-hybridized carbons (Fsp3) is 0.258. The minimum absolute atomic E-state index is 0.169. The summed E-state index contributed by atoms with van der Waals surface area (Å²) in [7, 11) is 1.36. The Balaban J connectivity index is 1.74. The van der Waals surface area contributed by atoms with Crippen molar-refractivity contribution in [2.24, 2.45) is 5.41 Å². The molecule has 0 amide bonds.